The number of nitrogens with zero attached hydrogens (tertiary/aromatic N) is 1. The van der Waals surface area contributed by atoms with Gasteiger partial charge in [0.2, 0.25) is 5.91 Å². The van der Waals surface area contributed by atoms with E-state index in [2.05, 4.69) is 19.2 Å². The van der Waals surface area contributed by atoms with E-state index in [1.165, 1.54) is 5.56 Å². The van der Waals surface area contributed by atoms with Gasteiger partial charge < -0.3 is 15.0 Å². The van der Waals surface area contributed by atoms with E-state index in [0.29, 0.717) is 23.7 Å². The number of benzene rings is 3. The van der Waals surface area contributed by atoms with Crippen LogP contribution in [0.3, 0.4) is 0 Å². The highest BCUT2D eigenvalue weighted by Gasteiger charge is 2.31. The van der Waals surface area contributed by atoms with Gasteiger partial charge in [-0.15, -0.1) is 0 Å². The molecular formula is C30H35ClN2O3. The lowest BCUT2D eigenvalue weighted by molar-refractivity contribution is -0.142. The van der Waals surface area contributed by atoms with Gasteiger partial charge in [0.25, 0.3) is 5.91 Å². The summed E-state index contributed by atoms with van der Waals surface area (Å²) in [4.78, 5) is 28.6. The van der Waals surface area contributed by atoms with Crippen LogP contribution >= 0.6 is 11.6 Å². The van der Waals surface area contributed by atoms with E-state index in [-0.39, 0.29) is 25.0 Å². The van der Waals surface area contributed by atoms with Crippen LogP contribution in [0.4, 0.5) is 0 Å². The van der Waals surface area contributed by atoms with Gasteiger partial charge in [-0.25, -0.2) is 0 Å². The maximum Gasteiger partial charge on any atom is 0.261 e. The van der Waals surface area contributed by atoms with Gasteiger partial charge in [0.05, 0.1) is 0 Å². The monoisotopic (exact) mass is 506 g/mol. The molecule has 1 unspecified atom stereocenters. The van der Waals surface area contributed by atoms with Crippen LogP contribution in [0.25, 0.3) is 0 Å². The molecule has 0 bridgehead atoms. The topological polar surface area (TPSA) is 58.6 Å². The highest BCUT2D eigenvalue weighted by molar-refractivity contribution is 6.31. The maximum atomic E-state index is 13.6. The molecule has 3 aromatic rings. The van der Waals surface area contributed by atoms with Crippen LogP contribution in [0.1, 0.15) is 43.4 Å². The Hall–Kier alpha value is -3.31. The van der Waals surface area contributed by atoms with Crippen LogP contribution < -0.4 is 10.1 Å². The number of amides is 2. The van der Waals surface area contributed by atoms with Crippen molar-refractivity contribution in [2.45, 2.75) is 52.1 Å². The van der Waals surface area contributed by atoms with E-state index in [1.807, 2.05) is 72.8 Å². The predicted molar refractivity (Wildman–Crippen MR) is 145 cm³/mol. The molecule has 0 aromatic heterocycles. The zero-order chi connectivity index (χ0) is 25.8. The van der Waals surface area contributed by atoms with Gasteiger partial charge >= 0.3 is 0 Å². The Morgan fingerprint density at radius 3 is 2.28 bits per heavy atom. The first-order valence-corrected chi connectivity index (χ1v) is 13.0. The van der Waals surface area contributed by atoms with Gasteiger partial charge in [0, 0.05) is 24.5 Å². The third kappa shape index (κ3) is 8.13. The zero-order valence-corrected chi connectivity index (χ0v) is 21.8. The summed E-state index contributed by atoms with van der Waals surface area (Å²) >= 11 is 6.45. The van der Waals surface area contributed by atoms with E-state index < -0.39 is 6.04 Å². The molecule has 0 aliphatic heterocycles. The summed E-state index contributed by atoms with van der Waals surface area (Å²) in [7, 11) is 0. The van der Waals surface area contributed by atoms with Gasteiger partial charge in [-0.3, -0.25) is 9.59 Å². The Kier molecular flexibility index (Phi) is 10.8. The molecule has 0 aliphatic carbocycles. The third-order valence-electron chi connectivity index (χ3n) is 6.09. The number of rotatable bonds is 13. The highest BCUT2D eigenvalue weighted by atomic mass is 35.5. The second-order valence-electron chi connectivity index (χ2n) is 8.75. The standard InChI is InChI=1S/C30H35ClN2O3/c1-3-5-19-32-30(35)28(20-24-11-7-6-8-12-24)33(21-25-13-9-10-14-27(25)31)29(34)22-36-26-17-15-23(4-2)16-18-26/h6-18,28H,3-5,19-22H2,1-2H3,(H,32,35). The Morgan fingerprint density at radius 1 is 0.917 bits per heavy atom. The number of ether oxygens (including phenoxy) is 1. The second kappa shape index (κ2) is 14.3. The van der Waals surface area contributed by atoms with Crippen molar-refractivity contribution in [3.63, 3.8) is 0 Å². The minimum absolute atomic E-state index is 0.177. The molecule has 0 saturated carbocycles. The molecule has 1 atom stereocenters. The maximum absolute atomic E-state index is 13.6. The molecule has 6 heteroatoms. The molecule has 0 heterocycles. The van der Waals surface area contributed by atoms with E-state index >= 15 is 0 Å². The van der Waals surface area contributed by atoms with Crippen LogP contribution in [0.15, 0.2) is 78.9 Å². The van der Waals surface area contributed by atoms with Crippen molar-refractivity contribution in [2.75, 3.05) is 13.2 Å². The molecule has 2 amide bonds. The summed E-state index contributed by atoms with van der Waals surface area (Å²) in [5.41, 5.74) is 2.95. The van der Waals surface area contributed by atoms with Gasteiger partial charge in [-0.1, -0.05) is 92.5 Å². The molecule has 0 saturated heterocycles. The molecular weight excluding hydrogens is 472 g/mol. The average Bonchev–Trinajstić information content (AvgIpc) is 2.91. The van der Waals surface area contributed by atoms with E-state index in [9.17, 15) is 9.59 Å². The van der Waals surface area contributed by atoms with Crippen LogP contribution in [-0.4, -0.2) is 35.9 Å². The number of carbonyl (C=O) groups excluding carboxylic acids is 2. The second-order valence-corrected chi connectivity index (χ2v) is 9.16. The Bertz CT molecular complexity index is 1100. The Labute approximate surface area is 219 Å². The first kappa shape index (κ1) is 27.3. The Balaban J connectivity index is 1.87. The van der Waals surface area contributed by atoms with Crippen molar-refractivity contribution in [3.8, 4) is 5.75 Å². The number of nitrogens with one attached hydrogen (secondary N) is 1. The molecule has 190 valence electrons. The Morgan fingerprint density at radius 2 is 1.61 bits per heavy atom. The molecule has 0 radical (unpaired) electrons. The van der Waals surface area contributed by atoms with Crippen molar-refractivity contribution in [1.82, 2.24) is 10.2 Å². The fraction of sp³-hybridized carbons (Fsp3) is 0.333. The van der Waals surface area contributed by atoms with E-state index in [1.54, 1.807) is 11.0 Å². The molecule has 36 heavy (non-hydrogen) atoms. The number of unbranched alkanes of at least 4 members (excludes halogenated alkanes) is 1. The summed E-state index contributed by atoms with van der Waals surface area (Å²) in [5.74, 6) is 0.159. The molecule has 5 nitrogen and oxygen atoms in total. The SMILES string of the molecule is CCCCNC(=O)C(Cc1ccccc1)N(Cc1ccccc1Cl)C(=O)COc1ccc(CC)cc1. The van der Waals surface area contributed by atoms with Gasteiger partial charge in [-0.05, 0) is 47.7 Å². The number of aryl methyl sites for hydroxylation is 1. The van der Waals surface area contributed by atoms with Crippen molar-refractivity contribution >= 4 is 23.4 Å². The fourth-order valence-electron chi connectivity index (χ4n) is 3.92. The van der Waals surface area contributed by atoms with E-state index in [0.717, 1.165) is 30.4 Å². The van der Waals surface area contributed by atoms with Crippen molar-refractivity contribution in [1.29, 1.82) is 0 Å². The molecule has 0 spiro atoms. The smallest absolute Gasteiger partial charge is 0.261 e. The van der Waals surface area contributed by atoms with Crippen LogP contribution in [0.2, 0.25) is 5.02 Å². The first-order chi connectivity index (χ1) is 17.5. The molecule has 0 fully saturated rings. The zero-order valence-electron chi connectivity index (χ0n) is 21.1. The quantitative estimate of drug-likeness (QED) is 0.296. The number of hydrogen-bond acceptors (Lipinski definition) is 3. The fourth-order valence-corrected chi connectivity index (χ4v) is 4.12. The number of halogens is 1. The van der Waals surface area contributed by atoms with Gasteiger partial charge in [-0.2, -0.15) is 0 Å². The summed E-state index contributed by atoms with van der Waals surface area (Å²) in [5, 5.41) is 3.57. The molecule has 1 N–H and O–H groups in total. The van der Waals surface area contributed by atoms with Gasteiger partial charge in [0.1, 0.15) is 11.8 Å². The van der Waals surface area contributed by atoms with Crippen molar-refractivity contribution in [2.24, 2.45) is 0 Å². The lowest BCUT2D eigenvalue weighted by Gasteiger charge is -2.31. The largest absolute Gasteiger partial charge is 0.484 e. The lowest BCUT2D eigenvalue weighted by atomic mass is 10.0. The van der Waals surface area contributed by atoms with Crippen LogP contribution in [-0.2, 0) is 29.0 Å². The number of hydrogen-bond donors (Lipinski definition) is 1. The first-order valence-electron chi connectivity index (χ1n) is 12.6. The summed E-state index contributed by atoms with van der Waals surface area (Å²) < 4.78 is 5.84. The highest BCUT2D eigenvalue weighted by Crippen LogP contribution is 2.21. The minimum Gasteiger partial charge on any atom is -0.484 e. The van der Waals surface area contributed by atoms with Crippen LogP contribution in [0, 0.1) is 0 Å². The van der Waals surface area contributed by atoms with Crippen molar-refractivity contribution < 1.29 is 14.3 Å². The molecule has 0 aliphatic rings. The molecule has 3 rings (SSSR count). The minimum atomic E-state index is -0.709. The summed E-state index contributed by atoms with van der Waals surface area (Å²) in [6.45, 7) is 4.75. The third-order valence-corrected chi connectivity index (χ3v) is 6.46. The summed E-state index contributed by atoms with van der Waals surface area (Å²) in [6, 6.07) is 24.1. The lowest BCUT2D eigenvalue weighted by Crippen LogP contribution is -2.51. The molecule has 3 aromatic carbocycles. The van der Waals surface area contributed by atoms with Gasteiger partial charge in [0.15, 0.2) is 6.61 Å². The number of carbonyl (C=O) groups is 2. The van der Waals surface area contributed by atoms with Crippen molar-refractivity contribution in [3.05, 3.63) is 101 Å². The summed E-state index contributed by atoms with van der Waals surface area (Å²) in [6.07, 6.45) is 3.16. The normalized spacial score (nSPS) is 11.5. The average molecular weight is 507 g/mol. The van der Waals surface area contributed by atoms with E-state index in [4.69, 9.17) is 16.3 Å². The van der Waals surface area contributed by atoms with Crippen LogP contribution in [0.5, 0.6) is 5.75 Å². The predicted octanol–water partition coefficient (Wildman–Crippen LogP) is 5.84.